The van der Waals surface area contributed by atoms with Gasteiger partial charge in [0.05, 0.1) is 11.9 Å². The molecule has 1 fully saturated rings. The first-order chi connectivity index (χ1) is 12.2. The highest BCUT2D eigenvalue weighted by Crippen LogP contribution is 2.30. The molecule has 1 saturated carbocycles. The molecule has 0 bridgehead atoms. The van der Waals surface area contributed by atoms with Crippen LogP contribution in [-0.2, 0) is 16.6 Å². The van der Waals surface area contributed by atoms with Crippen LogP contribution in [0, 0.1) is 12.7 Å². The lowest BCUT2D eigenvalue weighted by Crippen LogP contribution is -2.32. The normalized spacial score (nSPS) is 14.1. The second kappa shape index (κ2) is 7.07. The van der Waals surface area contributed by atoms with Crippen LogP contribution in [0.2, 0.25) is 0 Å². The van der Waals surface area contributed by atoms with E-state index in [-0.39, 0.29) is 17.8 Å². The van der Waals surface area contributed by atoms with Gasteiger partial charge in [0.15, 0.2) is 0 Å². The van der Waals surface area contributed by atoms with Crippen molar-refractivity contribution in [3.8, 4) is 0 Å². The lowest BCUT2D eigenvalue weighted by atomic mass is 10.1. The quantitative estimate of drug-likeness (QED) is 0.841. The first-order valence-electron chi connectivity index (χ1n) is 8.37. The summed E-state index contributed by atoms with van der Waals surface area (Å²) in [6.07, 6.45) is 2.95. The lowest BCUT2D eigenvalue weighted by Gasteiger charge is -2.23. The SMILES string of the molecule is Cc1ccc(C(=O)N(Cc2ccc(F)cc2)C2CC2)cc1NS(C)(=O)=O. The first-order valence-corrected chi connectivity index (χ1v) is 10.3. The topological polar surface area (TPSA) is 66.5 Å². The Morgan fingerprint density at radius 1 is 1.19 bits per heavy atom. The van der Waals surface area contributed by atoms with Gasteiger partial charge in [0.2, 0.25) is 10.0 Å². The number of nitrogens with zero attached hydrogens (tertiary/aromatic N) is 1. The fraction of sp³-hybridized carbons (Fsp3) is 0.316. The number of benzene rings is 2. The highest BCUT2D eigenvalue weighted by atomic mass is 32.2. The molecule has 0 heterocycles. The second-order valence-electron chi connectivity index (χ2n) is 6.69. The molecule has 1 N–H and O–H groups in total. The zero-order valence-electron chi connectivity index (χ0n) is 14.7. The van der Waals surface area contributed by atoms with Crippen molar-refractivity contribution in [2.24, 2.45) is 0 Å². The zero-order valence-corrected chi connectivity index (χ0v) is 15.5. The Morgan fingerprint density at radius 2 is 1.85 bits per heavy atom. The Bertz CT molecular complexity index is 922. The van der Waals surface area contributed by atoms with Crippen LogP contribution < -0.4 is 4.72 Å². The maximum Gasteiger partial charge on any atom is 0.254 e. The number of nitrogens with one attached hydrogen (secondary N) is 1. The summed E-state index contributed by atoms with van der Waals surface area (Å²) >= 11 is 0. The molecule has 0 aromatic heterocycles. The van der Waals surface area contributed by atoms with E-state index in [9.17, 15) is 17.6 Å². The summed E-state index contributed by atoms with van der Waals surface area (Å²) in [6.45, 7) is 2.17. The molecule has 0 radical (unpaired) electrons. The minimum Gasteiger partial charge on any atom is -0.331 e. The van der Waals surface area contributed by atoms with Crippen LogP contribution in [-0.4, -0.2) is 31.5 Å². The van der Waals surface area contributed by atoms with Crippen LogP contribution in [0.5, 0.6) is 0 Å². The molecule has 1 aliphatic carbocycles. The van der Waals surface area contributed by atoms with Gasteiger partial charge in [0.25, 0.3) is 5.91 Å². The van der Waals surface area contributed by atoms with Gasteiger partial charge in [0, 0.05) is 18.2 Å². The summed E-state index contributed by atoms with van der Waals surface area (Å²) in [5, 5.41) is 0. The van der Waals surface area contributed by atoms with E-state index in [4.69, 9.17) is 0 Å². The average Bonchev–Trinajstić information content (AvgIpc) is 3.39. The van der Waals surface area contributed by atoms with Gasteiger partial charge in [-0.2, -0.15) is 0 Å². The van der Waals surface area contributed by atoms with E-state index < -0.39 is 10.0 Å². The first kappa shape index (κ1) is 18.4. The van der Waals surface area contributed by atoms with Crippen molar-refractivity contribution in [3.63, 3.8) is 0 Å². The molecule has 1 aliphatic rings. The molecule has 2 aromatic carbocycles. The number of hydrogen-bond donors (Lipinski definition) is 1. The van der Waals surface area contributed by atoms with E-state index in [0.29, 0.717) is 17.8 Å². The monoisotopic (exact) mass is 376 g/mol. The van der Waals surface area contributed by atoms with Gasteiger partial charge in [-0.15, -0.1) is 0 Å². The highest BCUT2D eigenvalue weighted by molar-refractivity contribution is 7.92. The lowest BCUT2D eigenvalue weighted by molar-refractivity contribution is 0.0730. The van der Waals surface area contributed by atoms with Gasteiger partial charge in [-0.3, -0.25) is 9.52 Å². The Hall–Kier alpha value is -2.41. The van der Waals surface area contributed by atoms with Gasteiger partial charge >= 0.3 is 0 Å². The van der Waals surface area contributed by atoms with Crippen molar-refractivity contribution in [2.45, 2.75) is 32.4 Å². The number of anilines is 1. The van der Waals surface area contributed by atoms with Crippen molar-refractivity contribution < 1.29 is 17.6 Å². The number of hydrogen-bond acceptors (Lipinski definition) is 3. The van der Waals surface area contributed by atoms with E-state index in [0.717, 1.165) is 30.2 Å². The Balaban J connectivity index is 1.85. The van der Waals surface area contributed by atoms with Crippen molar-refractivity contribution in [3.05, 3.63) is 65.0 Å². The van der Waals surface area contributed by atoms with E-state index in [1.807, 2.05) is 0 Å². The molecule has 1 amide bonds. The molecule has 0 spiro atoms. The predicted molar refractivity (Wildman–Crippen MR) is 98.9 cm³/mol. The molecule has 7 heteroatoms. The van der Waals surface area contributed by atoms with E-state index in [1.165, 1.54) is 12.1 Å². The van der Waals surface area contributed by atoms with Gasteiger partial charge < -0.3 is 4.90 Å². The van der Waals surface area contributed by atoms with E-state index in [1.54, 1.807) is 42.2 Å². The van der Waals surface area contributed by atoms with Crippen LogP contribution in [0.25, 0.3) is 0 Å². The molecular formula is C19H21FN2O3S. The fourth-order valence-electron chi connectivity index (χ4n) is 2.77. The molecule has 0 saturated heterocycles. The minimum atomic E-state index is -3.43. The number of carbonyl (C=O) groups is 1. The third-order valence-electron chi connectivity index (χ3n) is 4.29. The Labute approximate surface area is 152 Å². The summed E-state index contributed by atoms with van der Waals surface area (Å²) in [6, 6.07) is 11.3. The Morgan fingerprint density at radius 3 is 2.42 bits per heavy atom. The van der Waals surface area contributed by atoms with Gasteiger partial charge in [-0.1, -0.05) is 18.2 Å². The average molecular weight is 376 g/mol. The van der Waals surface area contributed by atoms with Crippen molar-refractivity contribution in [1.82, 2.24) is 4.90 Å². The van der Waals surface area contributed by atoms with Gasteiger partial charge in [0.1, 0.15) is 5.82 Å². The number of halogens is 1. The maximum atomic E-state index is 13.1. The highest BCUT2D eigenvalue weighted by Gasteiger charge is 2.33. The summed E-state index contributed by atoms with van der Waals surface area (Å²) in [5.41, 5.74) is 2.42. The molecule has 5 nitrogen and oxygen atoms in total. The van der Waals surface area contributed by atoms with Crippen LogP contribution >= 0.6 is 0 Å². The van der Waals surface area contributed by atoms with Crippen LogP contribution in [0.1, 0.15) is 34.3 Å². The third-order valence-corrected chi connectivity index (χ3v) is 4.89. The minimum absolute atomic E-state index is 0.159. The van der Waals surface area contributed by atoms with Crippen LogP contribution in [0.4, 0.5) is 10.1 Å². The summed E-state index contributed by atoms with van der Waals surface area (Å²) in [7, 11) is -3.43. The van der Waals surface area contributed by atoms with Gasteiger partial charge in [-0.25, -0.2) is 12.8 Å². The third kappa shape index (κ3) is 4.60. The maximum absolute atomic E-state index is 13.1. The van der Waals surface area contributed by atoms with Crippen LogP contribution in [0.3, 0.4) is 0 Å². The zero-order chi connectivity index (χ0) is 18.9. The summed E-state index contributed by atoms with van der Waals surface area (Å²) in [5.74, 6) is -0.471. The molecule has 0 aliphatic heterocycles. The van der Waals surface area contributed by atoms with E-state index >= 15 is 0 Å². The second-order valence-corrected chi connectivity index (χ2v) is 8.44. The van der Waals surface area contributed by atoms with Gasteiger partial charge in [-0.05, 0) is 55.2 Å². The predicted octanol–water partition coefficient (Wildman–Crippen LogP) is 3.31. The fourth-order valence-corrected chi connectivity index (χ4v) is 3.39. The number of amides is 1. The standard InChI is InChI=1S/C19H21FN2O3S/c1-13-3-6-15(11-18(13)21-26(2,24)25)19(23)22(17-9-10-17)12-14-4-7-16(20)8-5-14/h3-8,11,17,21H,9-10,12H2,1-2H3. The molecule has 0 atom stereocenters. The van der Waals surface area contributed by atoms with E-state index in [2.05, 4.69) is 4.72 Å². The number of carbonyl (C=O) groups excluding carboxylic acids is 1. The summed E-state index contributed by atoms with van der Waals surface area (Å²) < 4.78 is 38.6. The number of sulfonamides is 1. The van der Waals surface area contributed by atoms with Crippen molar-refractivity contribution in [2.75, 3.05) is 11.0 Å². The Kier molecular flexibility index (Phi) is 5.00. The molecule has 3 rings (SSSR count). The summed E-state index contributed by atoms with van der Waals surface area (Å²) in [4.78, 5) is 14.8. The molecular weight excluding hydrogens is 355 g/mol. The molecule has 2 aromatic rings. The molecule has 26 heavy (non-hydrogen) atoms. The number of rotatable bonds is 6. The largest absolute Gasteiger partial charge is 0.331 e. The van der Waals surface area contributed by atoms with Crippen LogP contribution in [0.15, 0.2) is 42.5 Å². The van der Waals surface area contributed by atoms with Crippen molar-refractivity contribution >= 4 is 21.6 Å². The molecule has 0 unspecified atom stereocenters. The number of aryl methyl sites for hydroxylation is 1. The smallest absolute Gasteiger partial charge is 0.254 e. The van der Waals surface area contributed by atoms with Crippen molar-refractivity contribution in [1.29, 1.82) is 0 Å². The molecule has 138 valence electrons.